The zero-order chi connectivity index (χ0) is 17.2. The molecule has 0 heterocycles. The van der Waals surface area contributed by atoms with Gasteiger partial charge >= 0.3 is 0 Å². The summed E-state index contributed by atoms with van der Waals surface area (Å²) in [5, 5.41) is 62.2. The second-order valence-corrected chi connectivity index (χ2v) is 5.55. The van der Waals surface area contributed by atoms with Gasteiger partial charge < -0.3 is 30.6 Å². The predicted molar refractivity (Wildman–Crippen MR) is 88.9 cm³/mol. The number of benzene rings is 4. The second kappa shape index (κ2) is 5.50. The zero-order valence-electron chi connectivity index (χ0n) is 12.5. The molecule has 4 aromatic rings. The Balaban J connectivity index is 0.00000182. The van der Waals surface area contributed by atoms with Gasteiger partial charge in [-0.3, -0.25) is 0 Å². The molecule has 0 atom stereocenters. The van der Waals surface area contributed by atoms with E-state index in [2.05, 4.69) is 0 Å². The van der Waals surface area contributed by atoms with Crippen LogP contribution in [-0.2, 0) is 16.5 Å². The van der Waals surface area contributed by atoms with Crippen molar-refractivity contribution in [3.63, 3.8) is 0 Å². The van der Waals surface area contributed by atoms with E-state index in [1.165, 1.54) is 6.07 Å². The summed E-state index contributed by atoms with van der Waals surface area (Å²) < 4.78 is 0. The number of aromatic hydroxyl groups is 6. The maximum absolute atomic E-state index is 10.3. The number of rotatable bonds is 0. The SMILES string of the molecule is Oc1ccc2c3ccccc3c3c(O)c(O)c(O)c(O)c3c2c1O.[Ni]. The van der Waals surface area contributed by atoms with Crippen LogP contribution in [0.15, 0.2) is 36.4 Å². The third-order valence-electron chi connectivity index (χ3n) is 4.29. The van der Waals surface area contributed by atoms with Gasteiger partial charge in [-0.2, -0.15) is 0 Å². The third kappa shape index (κ3) is 2.03. The van der Waals surface area contributed by atoms with Crippen LogP contribution in [0.1, 0.15) is 0 Å². The molecule has 0 fully saturated rings. The minimum atomic E-state index is -0.903. The number of phenols is 6. The van der Waals surface area contributed by atoms with Gasteiger partial charge in [0.1, 0.15) is 0 Å². The average molecular weight is 383 g/mol. The van der Waals surface area contributed by atoms with E-state index >= 15 is 0 Å². The number of phenolic OH excluding ortho intramolecular Hbond substituents is 6. The molecule has 4 rings (SSSR count). The van der Waals surface area contributed by atoms with E-state index in [9.17, 15) is 30.6 Å². The molecule has 0 saturated carbocycles. The van der Waals surface area contributed by atoms with Gasteiger partial charge in [-0.1, -0.05) is 24.3 Å². The molecule has 4 aromatic carbocycles. The van der Waals surface area contributed by atoms with Crippen molar-refractivity contribution in [1.82, 2.24) is 0 Å². The smallest absolute Gasteiger partial charge is 0.204 e. The summed E-state index contributed by atoms with van der Waals surface area (Å²) in [5.74, 6) is -3.99. The molecule has 0 aliphatic carbocycles. The van der Waals surface area contributed by atoms with E-state index in [1.54, 1.807) is 30.3 Å². The fraction of sp³-hybridized carbons (Fsp3) is 0. The van der Waals surface area contributed by atoms with Gasteiger partial charge in [-0.05, 0) is 28.3 Å². The normalized spacial score (nSPS) is 11.0. The number of fused-ring (bicyclic) bond motifs is 6. The van der Waals surface area contributed by atoms with Gasteiger partial charge in [-0.15, -0.1) is 0 Å². The minimum Gasteiger partial charge on any atom is -0.504 e. The van der Waals surface area contributed by atoms with Crippen molar-refractivity contribution in [3.05, 3.63) is 36.4 Å². The molecular weight excluding hydrogens is 371 g/mol. The molecule has 130 valence electrons. The molecule has 0 aromatic heterocycles. The van der Waals surface area contributed by atoms with Crippen molar-refractivity contribution < 1.29 is 47.1 Å². The van der Waals surface area contributed by atoms with Gasteiger partial charge in [0.25, 0.3) is 0 Å². The molecule has 25 heavy (non-hydrogen) atoms. The summed E-state index contributed by atoms with van der Waals surface area (Å²) in [6.45, 7) is 0. The molecule has 0 spiro atoms. The zero-order valence-corrected chi connectivity index (χ0v) is 13.5. The molecule has 0 aliphatic heterocycles. The van der Waals surface area contributed by atoms with Crippen LogP contribution in [0.2, 0.25) is 0 Å². The van der Waals surface area contributed by atoms with E-state index in [0.29, 0.717) is 16.2 Å². The fourth-order valence-electron chi connectivity index (χ4n) is 3.20. The molecule has 6 nitrogen and oxygen atoms in total. The Bertz CT molecular complexity index is 1150. The summed E-state index contributed by atoms with van der Waals surface area (Å²) in [7, 11) is 0. The van der Waals surface area contributed by atoms with Crippen LogP contribution in [0.5, 0.6) is 34.5 Å². The van der Waals surface area contributed by atoms with Gasteiger partial charge in [0.2, 0.25) is 11.5 Å². The van der Waals surface area contributed by atoms with Gasteiger partial charge in [0, 0.05) is 32.7 Å². The predicted octanol–water partition coefficient (Wildman–Crippen LogP) is 3.38. The molecule has 0 radical (unpaired) electrons. The largest absolute Gasteiger partial charge is 0.504 e. The van der Waals surface area contributed by atoms with Crippen LogP contribution in [-0.4, -0.2) is 30.6 Å². The first-order valence-electron chi connectivity index (χ1n) is 7.08. The van der Waals surface area contributed by atoms with Crippen molar-refractivity contribution in [2.45, 2.75) is 0 Å². The van der Waals surface area contributed by atoms with Crippen LogP contribution < -0.4 is 0 Å². The number of hydrogen-bond donors (Lipinski definition) is 6. The molecule has 6 N–H and O–H groups in total. The first-order valence-corrected chi connectivity index (χ1v) is 7.08. The second-order valence-electron chi connectivity index (χ2n) is 5.55. The molecule has 0 bridgehead atoms. The minimum absolute atomic E-state index is 0. The molecular formula is C18H12NiO6. The first-order chi connectivity index (χ1) is 11.4. The van der Waals surface area contributed by atoms with E-state index in [-0.39, 0.29) is 32.7 Å². The van der Waals surface area contributed by atoms with E-state index < -0.39 is 34.5 Å². The Kier molecular flexibility index (Phi) is 3.69. The molecule has 0 saturated heterocycles. The monoisotopic (exact) mass is 382 g/mol. The first kappa shape index (κ1) is 16.8. The molecule has 0 amide bonds. The van der Waals surface area contributed by atoms with Crippen LogP contribution in [0, 0.1) is 0 Å². The van der Waals surface area contributed by atoms with Crippen molar-refractivity contribution in [1.29, 1.82) is 0 Å². The Morgan fingerprint density at radius 2 is 0.920 bits per heavy atom. The Labute approximate surface area is 150 Å². The maximum Gasteiger partial charge on any atom is 0.204 e. The summed E-state index contributed by atoms with van der Waals surface area (Å²) in [4.78, 5) is 0. The fourth-order valence-corrected chi connectivity index (χ4v) is 3.20. The molecule has 0 unspecified atom stereocenters. The maximum atomic E-state index is 10.3. The van der Waals surface area contributed by atoms with Crippen molar-refractivity contribution in [3.8, 4) is 34.5 Å². The summed E-state index contributed by atoms with van der Waals surface area (Å²) >= 11 is 0. The molecule has 7 heteroatoms. The topological polar surface area (TPSA) is 121 Å². The van der Waals surface area contributed by atoms with Gasteiger partial charge in [-0.25, -0.2) is 0 Å². The van der Waals surface area contributed by atoms with Crippen molar-refractivity contribution in [2.24, 2.45) is 0 Å². The van der Waals surface area contributed by atoms with Crippen LogP contribution in [0.3, 0.4) is 0 Å². The Morgan fingerprint density at radius 1 is 0.440 bits per heavy atom. The van der Waals surface area contributed by atoms with Crippen LogP contribution in [0.4, 0.5) is 0 Å². The standard InChI is InChI=1S/C18H12O6.Ni/c19-10-6-5-9-7-3-1-2-4-8(7)12-13(11(9)14(10)20)16(22)18(24)17(23)15(12)21;/h1-6,19-24H;. The summed E-state index contributed by atoms with van der Waals surface area (Å²) in [6, 6.07) is 9.77. The van der Waals surface area contributed by atoms with Crippen molar-refractivity contribution >= 4 is 32.3 Å². The van der Waals surface area contributed by atoms with Crippen LogP contribution >= 0.6 is 0 Å². The van der Waals surface area contributed by atoms with Gasteiger partial charge in [0.15, 0.2) is 23.0 Å². The Morgan fingerprint density at radius 3 is 1.56 bits per heavy atom. The van der Waals surface area contributed by atoms with E-state index in [4.69, 9.17) is 0 Å². The van der Waals surface area contributed by atoms with Crippen LogP contribution in [0.25, 0.3) is 32.3 Å². The summed E-state index contributed by atoms with van der Waals surface area (Å²) in [5.41, 5.74) is 0. The number of hydrogen-bond acceptors (Lipinski definition) is 6. The average Bonchev–Trinajstić information content (AvgIpc) is 2.59. The Hall–Kier alpha value is -3.05. The van der Waals surface area contributed by atoms with E-state index in [0.717, 1.165) is 0 Å². The van der Waals surface area contributed by atoms with Crippen molar-refractivity contribution in [2.75, 3.05) is 0 Å². The third-order valence-corrected chi connectivity index (χ3v) is 4.29. The van der Waals surface area contributed by atoms with Gasteiger partial charge in [0.05, 0.1) is 0 Å². The van der Waals surface area contributed by atoms with E-state index in [1.807, 2.05) is 0 Å². The summed E-state index contributed by atoms with van der Waals surface area (Å²) in [6.07, 6.45) is 0. The molecule has 0 aliphatic rings. The quantitative estimate of drug-likeness (QED) is 0.120.